The molecule has 0 saturated heterocycles. The van der Waals surface area contributed by atoms with Gasteiger partial charge in [-0.05, 0) is 56.1 Å². The second-order valence-electron chi connectivity index (χ2n) is 8.54. The van der Waals surface area contributed by atoms with Gasteiger partial charge in [0.25, 0.3) is 0 Å². The lowest BCUT2D eigenvalue weighted by Gasteiger charge is -2.36. The van der Waals surface area contributed by atoms with E-state index < -0.39 is 0 Å². The molecule has 0 fully saturated rings. The summed E-state index contributed by atoms with van der Waals surface area (Å²) < 4.78 is 0. The van der Waals surface area contributed by atoms with Crippen molar-refractivity contribution >= 4 is 0 Å². The Morgan fingerprint density at radius 1 is 0.905 bits per heavy atom. The van der Waals surface area contributed by atoms with Gasteiger partial charge in [0.1, 0.15) is 0 Å². The number of nitrogens with zero attached hydrogens (tertiary/aromatic N) is 1. The lowest BCUT2D eigenvalue weighted by atomic mass is 9.86. The van der Waals surface area contributed by atoms with Crippen LogP contribution in [0, 0.1) is 17.3 Å². The van der Waals surface area contributed by atoms with Crippen molar-refractivity contribution < 1.29 is 0 Å². The van der Waals surface area contributed by atoms with Gasteiger partial charge in [-0.15, -0.1) is 0 Å². The smallest absolute Gasteiger partial charge is 0.0243 e. The van der Waals surface area contributed by atoms with Gasteiger partial charge in [-0.2, -0.15) is 0 Å². The second kappa shape index (κ2) is 10.6. The molecule has 0 saturated carbocycles. The molecule has 0 amide bonds. The van der Waals surface area contributed by atoms with Crippen molar-refractivity contribution in [3.05, 3.63) is 0 Å². The number of hydrogen-bond acceptors (Lipinski definition) is 2. The first-order valence-corrected chi connectivity index (χ1v) is 9.12. The van der Waals surface area contributed by atoms with Crippen molar-refractivity contribution in [2.45, 2.75) is 80.7 Å². The molecule has 0 spiro atoms. The molecule has 0 aromatic carbocycles. The van der Waals surface area contributed by atoms with Gasteiger partial charge >= 0.3 is 0 Å². The zero-order valence-corrected chi connectivity index (χ0v) is 16.1. The first-order valence-electron chi connectivity index (χ1n) is 9.12. The van der Waals surface area contributed by atoms with Crippen LogP contribution in [0.3, 0.4) is 0 Å². The summed E-state index contributed by atoms with van der Waals surface area (Å²) in [6.45, 7) is 23.5. The fourth-order valence-electron chi connectivity index (χ4n) is 2.40. The first-order chi connectivity index (χ1) is 9.66. The van der Waals surface area contributed by atoms with Crippen LogP contribution in [0.15, 0.2) is 0 Å². The number of nitrogens with one attached hydrogen (secondary N) is 1. The van der Waals surface area contributed by atoms with Crippen molar-refractivity contribution in [3.63, 3.8) is 0 Å². The van der Waals surface area contributed by atoms with Gasteiger partial charge in [0.2, 0.25) is 0 Å². The Kier molecular flexibility index (Phi) is 10.6. The van der Waals surface area contributed by atoms with Gasteiger partial charge in [-0.3, -0.25) is 0 Å². The maximum atomic E-state index is 3.77. The molecule has 0 aromatic heterocycles. The molecule has 21 heavy (non-hydrogen) atoms. The Bertz CT molecular complexity index is 228. The van der Waals surface area contributed by atoms with Crippen LogP contribution < -0.4 is 5.32 Å². The zero-order valence-electron chi connectivity index (χ0n) is 16.1. The van der Waals surface area contributed by atoms with E-state index in [-0.39, 0.29) is 0 Å². The summed E-state index contributed by atoms with van der Waals surface area (Å²) in [7, 11) is 0. The summed E-state index contributed by atoms with van der Waals surface area (Å²) in [5.74, 6) is 1.59. The van der Waals surface area contributed by atoms with E-state index >= 15 is 0 Å². The van der Waals surface area contributed by atoms with E-state index in [1.807, 2.05) is 0 Å². The molecule has 0 aliphatic heterocycles. The van der Waals surface area contributed by atoms with E-state index in [9.17, 15) is 0 Å². The molecular formula is C19H42N2. The number of hydrogen-bond donors (Lipinski definition) is 1. The van der Waals surface area contributed by atoms with E-state index in [0.29, 0.717) is 11.5 Å². The molecule has 0 aromatic rings. The first kappa shape index (κ1) is 20.9. The molecular weight excluding hydrogens is 256 g/mol. The van der Waals surface area contributed by atoms with Crippen LogP contribution in [0.4, 0.5) is 0 Å². The average Bonchev–Trinajstić information content (AvgIpc) is 2.34. The summed E-state index contributed by atoms with van der Waals surface area (Å²) >= 11 is 0. The highest BCUT2D eigenvalue weighted by molar-refractivity contribution is 4.83. The Balaban J connectivity index is 4.60. The van der Waals surface area contributed by atoms with Gasteiger partial charge in [0.05, 0.1) is 0 Å². The third-order valence-electron chi connectivity index (χ3n) is 4.17. The highest BCUT2D eigenvalue weighted by Crippen LogP contribution is 2.21. The second-order valence-corrected chi connectivity index (χ2v) is 8.54. The SMILES string of the molecule is CCCNC(CN(CCC(C)C)CCC(C)C)C(C)(C)C. The minimum atomic E-state index is 0.323. The van der Waals surface area contributed by atoms with Crippen LogP contribution in [0.5, 0.6) is 0 Å². The van der Waals surface area contributed by atoms with Crippen LogP contribution in [0.1, 0.15) is 74.7 Å². The lowest BCUT2D eigenvalue weighted by Crippen LogP contribution is -2.49. The molecule has 0 heterocycles. The summed E-state index contributed by atoms with van der Waals surface area (Å²) in [5, 5.41) is 3.77. The van der Waals surface area contributed by atoms with E-state index in [4.69, 9.17) is 0 Å². The maximum absolute atomic E-state index is 3.77. The molecule has 0 rings (SSSR count). The minimum Gasteiger partial charge on any atom is -0.312 e. The van der Waals surface area contributed by atoms with Crippen LogP contribution in [0.25, 0.3) is 0 Å². The quantitative estimate of drug-likeness (QED) is 0.589. The summed E-state index contributed by atoms with van der Waals surface area (Å²) in [6.07, 6.45) is 3.83. The number of rotatable bonds is 11. The predicted octanol–water partition coefficient (Wildman–Crippen LogP) is 4.79. The molecule has 0 aliphatic rings. The Labute approximate surface area is 135 Å². The monoisotopic (exact) mass is 298 g/mol. The molecule has 2 nitrogen and oxygen atoms in total. The van der Waals surface area contributed by atoms with Gasteiger partial charge in [-0.1, -0.05) is 55.4 Å². The Hall–Kier alpha value is -0.0800. The standard InChI is InChI=1S/C19H42N2/c1-9-12-20-18(19(6,7)8)15-21(13-10-16(2)3)14-11-17(4)5/h16-18,20H,9-15H2,1-8H3. The predicted molar refractivity (Wildman–Crippen MR) is 96.9 cm³/mol. The normalized spacial score (nSPS) is 14.4. The largest absolute Gasteiger partial charge is 0.312 e. The summed E-state index contributed by atoms with van der Waals surface area (Å²) in [5.41, 5.74) is 0.323. The van der Waals surface area contributed by atoms with Crippen molar-refractivity contribution in [1.29, 1.82) is 0 Å². The van der Waals surface area contributed by atoms with Gasteiger partial charge < -0.3 is 10.2 Å². The van der Waals surface area contributed by atoms with E-state index in [0.717, 1.165) is 18.4 Å². The highest BCUT2D eigenvalue weighted by Gasteiger charge is 2.26. The van der Waals surface area contributed by atoms with Crippen molar-refractivity contribution in [2.75, 3.05) is 26.2 Å². The molecule has 0 bridgehead atoms. The fraction of sp³-hybridized carbons (Fsp3) is 1.00. The molecule has 1 N–H and O–H groups in total. The fourth-order valence-corrected chi connectivity index (χ4v) is 2.40. The van der Waals surface area contributed by atoms with Crippen molar-refractivity contribution in [2.24, 2.45) is 17.3 Å². The van der Waals surface area contributed by atoms with E-state index in [1.54, 1.807) is 0 Å². The van der Waals surface area contributed by atoms with Gasteiger partial charge in [0, 0.05) is 12.6 Å². The Morgan fingerprint density at radius 3 is 1.71 bits per heavy atom. The minimum absolute atomic E-state index is 0.323. The summed E-state index contributed by atoms with van der Waals surface area (Å²) in [6, 6.07) is 0.580. The van der Waals surface area contributed by atoms with Crippen molar-refractivity contribution in [1.82, 2.24) is 10.2 Å². The Morgan fingerprint density at radius 2 is 1.38 bits per heavy atom. The van der Waals surface area contributed by atoms with E-state index in [1.165, 1.54) is 38.9 Å². The molecule has 1 atom stereocenters. The van der Waals surface area contributed by atoms with Crippen molar-refractivity contribution in [3.8, 4) is 0 Å². The van der Waals surface area contributed by atoms with Crippen LogP contribution in [0.2, 0.25) is 0 Å². The summed E-state index contributed by atoms with van der Waals surface area (Å²) in [4.78, 5) is 2.69. The zero-order chi connectivity index (χ0) is 16.5. The molecule has 128 valence electrons. The third kappa shape index (κ3) is 11.2. The van der Waals surface area contributed by atoms with Crippen LogP contribution in [-0.4, -0.2) is 37.1 Å². The lowest BCUT2D eigenvalue weighted by molar-refractivity contribution is 0.162. The molecule has 1 unspecified atom stereocenters. The molecule has 0 radical (unpaired) electrons. The van der Waals surface area contributed by atoms with Gasteiger partial charge in [-0.25, -0.2) is 0 Å². The van der Waals surface area contributed by atoms with Gasteiger partial charge in [0.15, 0.2) is 0 Å². The third-order valence-corrected chi connectivity index (χ3v) is 4.17. The topological polar surface area (TPSA) is 15.3 Å². The molecule has 0 aliphatic carbocycles. The molecule has 2 heteroatoms. The highest BCUT2D eigenvalue weighted by atomic mass is 15.1. The maximum Gasteiger partial charge on any atom is 0.0243 e. The van der Waals surface area contributed by atoms with Crippen LogP contribution >= 0.6 is 0 Å². The van der Waals surface area contributed by atoms with Crippen LogP contribution in [-0.2, 0) is 0 Å². The average molecular weight is 299 g/mol. The van der Waals surface area contributed by atoms with E-state index in [2.05, 4.69) is 65.6 Å².